The molecular formula is C12H20N4OS. The summed E-state index contributed by atoms with van der Waals surface area (Å²) >= 11 is 1.40. The van der Waals surface area contributed by atoms with E-state index in [0.29, 0.717) is 0 Å². The second-order valence-electron chi connectivity index (χ2n) is 4.87. The number of nitrogens with zero attached hydrogens (tertiary/aromatic N) is 3. The quantitative estimate of drug-likeness (QED) is 0.899. The zero-order chi connectivity index (χ0) is 13.1. The molecule has 1 unspecified atom stereocenters. The van der Waals surface area contributed by atoms with Crippen LogP contribution in [0.3, 0.4) is 0 Å². The molecule has 0 aliphatic carbocycles. The molecular weight excluding hydrogens is 248 g/mol. The van der Waals surface area contributed by atoms with Crippen molar-refractivity contribution < 1.29 is 4.79 Å². The van der Waals surface area contributed by atoms with Gasteiger partial charge in [-0.2, -0.15) is 0 Å². The second-order valence-corrected chi connectivity index (χ2v) is 5.65. The molecule has 100 valence electrons. The van der Waals surface area contributed by atoms with E-state index in [9.17, 15) is 4.79 Å². The molecule has 1 aromatic heterocycles. The Morgan fingerprint density at radius 2 is 2.06 bits per heavy atom. The molecule has 0 aromatic carbocycles. The van der Waals surface area contributed by atoms with Gasteiger partial charge in [0.2, 0.25) is 5.91 Å². The molecule has 0 spiro atoms. The standard InChI is InChI=1S/C12H20N4OS/c1-8(11-9(2)14-15-18-11)13-10(3)12(17)16-6-4-5-7-16/h8,10,13H,4-7H2,1-3H3/t8?,10-/m0/s1. The summed E-state index contributed by atoms with van der Waals surface area (Å²) in [5.41, 5.74) is 0.945. The Kier molecular flexibility index (Phi) is 4.29. The molecule has 0 saturated carbocycles. The van der Waals surface area contributed by atoms with Crippen molar-refractivity contribution >= 4 is 17.4 Å². The van der Waals surface area contributed by atoms with Gasteiger partial charge in [0.15, 0.2) is 0 Å². The summed E-state index contributed by atoms with van der Waals surface area (Å²) in [4.78, 5) is 15.2. The van der Waals surface area contributed by atoms with E-state index in [2.05, 4.69) is 21.8 Å². The zero-order valence-electron chi connectivity index (χ0n) is 11.1. The van der Waals surface area contributed by atoms with Gasteiger partial charge in [0.1, 0.15) is 0 Å². The van der Waals surface area contributed by atoms with E-state index in [1.165, 1.54) is 11.5 Å². The molecule has 1 aromatic rings. The van der Waals surface area contributed by atoms with Crippen molar-refractivity contribution in [2.75, 3.05) is 13.1 Å². The number of carbonyl (C=O) groups excluding carboxylic acids is 1. The van der Waals surface area contributed by atoms with E-state index >= 15 is 0 Å². The maximum atomic E-state index is 12.2. The van der Waals surface area contributed by atoms with Gasteiger partial charge in [0.25, 0.3) is 0 Å². The molecule has 1 N–H and O–H groups in total. The van der Waals surface area contributed by atoms with E-state index in [4.69, 9.17) is 0 Å². The third-order valence-corrected chi connectivity index (χ3v) is 4.38. The van der Waals surface area contributed by atoms with Gasteiger partial charge in [-0.15, -0.1) is 5.10 Å². The van der Waals surface area contributed by atoms with Crippen LogP contribution in [-0.2, 0) is 4.79 Å². The average molecular weight is 268 g/mol. The van der Waals surface area contributed by atoms with Gasteiger partial charge in [0.05, 0.1) is 16.6 Å². The summed E-state index contributed by atoms with van der Waals surface area (Å²) in [6.45, 7) is 7.74. The number of aromatic nitrogens is 2. The second kappa shape index (κ2) is 5.75. The molecule has 18 heavy (non-hydrogen) atoms. The van der Waals surface area contributed by atoms with Crippen LogP contribution in [0.2, 0.25) is 0 Å². The zero-order valence-corrected chi connectivity index (χ0v) is 12.0. The number of rotatable bonds is 4. The molecule has 2 rings (SSSR count). The summed E-state index contributed by atoms with van der Waals surface area (Å²) in [5, 5.41) is 7.34. The van der Waals surface area contributed by atoms with Crippen molar-refractivity contribution in [2.24, 2.45) is 0 Å². The van der Waals surface area contributed by atoms with E-state index in [-0.39, 0.29) is 18.0 Å². The lowest BCUT2D eigenvalue weighted by Crippen LogP contribution is -2.44. The highest BCUT2D eigenvalue weighted by Crippen LogP contribution is 2.20. The average Bonchev–Trinajstić information content (AvgIpc) is 2.98. The first kappa shape index (κ1) is 13.4. The van der Waals surface area contributed by atoms with E-state index in [0.717, 1.165) is 36.5 Å². The minimum Gasteiger partial charge on any atom is -0.341 e. The van der Waals surface area contributed by atoms with Crippen molar-refractivity contribution in [1.29, 1.82) is 0 Å². The lowest BCUT2D eigenvalue weighted by molar-refractivity contribution is -0.132. The predicted octanol–water partition coefficient (Wildman–Crippen LogP) is 1.51. The molecule has 0 radical (unpaired) electrons. The van der Waals surface area contributed by atoms with E-state index in [1.807, 2.05) is 18.7 Å². The number of hydrogen-bond donors (Lipinski definition) is 1. The number of carbonyl (C=O) groups is 1. The first-order valence-corrected chi connectivity index (χ1v) is 7.20. The summed E-state index contributed by atoms with van der Waals surface area (Å²) in [6.07, 6.45) is 2.26. The number of likely N-dealkylation sites (tertiary alicyclic amines) is 1. The summed E-state index contributed by atoms with van der Waals surface area (Å²) in [6, 6.07) is -0.0360. The van der Waals surface area contributed by atoms with Crippen molar-refractivity contribution in [2.45, 2.75) is 45.7 Å². The molecule has 0 bridgehead atoms. The fourth-order valence-corrected chi connectivity index (χ4v) is 3.02. The van der Waals surface area contributed by atoms with Crippen LogP contribution in [0.15, 0.2) is 0 Å². The van der Waals surface area contributed by atoms with Crippen LogP contribution in [-0.4, -0.2) is 39.5 Å². The van der Waals surface area contributed by atoms with Gasteiger partial charge >= 0.3 is 0 Å². The molecule has 2 atom stereocenters. The maximum Gasteiger partial charge on any atom is 0.239 e. The van der Waals surface area contributed by atoms with Crippen LogP contribution in [0.1, 0.15) is 43.3 Å². The highest BCUT2D eigenvalue weighted by atomic mass is 32.1. The Hall–Kier alpha value is -1.01. The van der Waals surface area contributed by atoms with Crippen molar-refractivity contribution in [3.8, 4) is 0 Å². The molecule has 1 aliphatic rings. The maximum absolute atomic E-state index is 12.2. The Bertz CT molecular complexity index is 414. The van der Waals surface area contributed by atoms with Crippen molar-refractivity contribution in [3.05, 3.63) is 10.6 Å². The fourth-order valence-electron chi connectivity index (χ4n) is 2.37. The van der Waals surface area contributed by atoms with Crippen LogP contribution < -0.4 is 5.32 Å². The Morgan fingerprint density at radius 3 is 2.61 bits per heavy atom. The van der Waals surface area contributed by atoms with Gasteiger partial charge < -0.3 is 4.90 Å². The summed E-state index contributed by atoms with van der Waals surface area (Å²) in [7, 11) is 0. The van der Waals surface area contributed by atoms with Crippen LogP contribution in [0, 0.1) is 6.92 Å². The van der Waals surface area contributed by atoms with Crippen molar-refractivity contribution in [1.82, 2.24) is 19.8 Å². The molecule has 6 heteroatoms. The first-order valence-electron chi connectivity index (χ1n) is 6.43. The third kappa shape index (κ3) is 2.87. The topological polar surface area (TPSA) is 58.1 Å². The summed E-state index contributed by atoms with van der Waals surface area (Å²) in [5.74, 6) is 0.203. The van der Waals surface area contributed by atoms with E-state index < -0.39 is 0 Å². The first-order chi connectivity index (χ1) is 8.59. The Balaban J connectivity index is 1.92. The molecule has 2 heterocycles. The predicted molar refractivity (Wildman–Crippen MR) is 71.5 cm³/mol. The normalized spacial score (nSPS) is 18.9. The van der Waals surface area contributed by atoms with Crippen LogP contribution in [0.5, 0.6) is 0 Å². The molecule has 1 amide bonds. The number of hydrogen-bond acceptors (Lipinski definition) is 5. The highest BCUT2D eigenvalue weighted by Gasteiger charge is 2.25. The van der Waals surface area contributed by atoms with Crippen LogP contribution in [0.25, 0.3) is 0 Å². The van der Waals surface area contributed by atoms with Gasteiger partial charge in [-0.05, 0) is 45.1 Å². The third-order valence-electron chi connectivity index (χ3n) is 3.37. The minimum atomic E-state index is -0.153. The minimum absolute atomic E-state index is 0.117. The smallest absolute Gasteiger partial charge is 0.239 e. The molecule has 1 saturated heterocycles. The SMILES string of the molecule is Cc1nnsc1C(C)N[C@@H](C)C(=O)N1CCCC1. The molecule has 1 fully saturated rings. The number of amides is 1. The van der Waals surface area contributed by atoms with Gasteiger partial charge in [0, 0.05) is 19.1 Å². The van der Waals surface area contributed by atoms with Crippen molar-refractivity contribution in [3.63, 3.8) is 0 Å². The molecule has 5 nitrogen and oxygen atoms in total. The summed E-state index contributed by atoms with van der Waals surface area (Å²) < 4.78 is 3.93. The number of aryl methyl sites for hydroxylation is 1. The van der Waals surface area contributed by atoms with Gasteiger partial charge in [-0.25, -0.2) is 0 Å². The highest BCUT2D eigenvalue weighted by molar-refractivity contribution is 7.05. The lowest BCUT2D eigenvalue weighted by Gasteiger charge is -2.23. The Labute approximate surface area is 112 Å². The fraction of sp³-hybridized carbons (Fsp3) is 0.750. The number of nitrogens with one attached hydrogen (secondary N) is 1. The van der Waals surface area contributed by atoms with Gasteiger partial charge in [-0.3, -0.25) is 10.1 Å². The largest absolute Gasteiger partial charge is 0.341 e. The van der Waals surface area contributed by atoms with Gasteiger partial charge in [-0.1, -0.05) is 4.49 Å². The Morgan fingerprint density at radius 1 is 1.39 bits per heavy atom. The molecule has 1 aliphatic heterocycles. The monoisotopic (exact) mass is 268 g/mol. The van der Waals surface area contributed by atoms with Crippen LogP contribution in [0.4, 0.5) is 0 Å². The lowest BCUT2D eigenvalue weighted by atomic mass is 10.2. The van der Waals surface area contributed by atoms with Crippen LogP contribution >= 0.6 is 11.5 Å². The van der Waals surface area contributed by atoms with E-state index in [1.54, 1.807) is 0 Å².